The average molecular weight is 435 g/mol. The van der Waals surface area contributed by atoms with Gasteiger partial charge >= 0.3 is 0 Å². The highest BCUT2D eigenvalue weighted by Crippen LogP contribution is 2.62. The zero-order valence-corrected chi connectivity index (χ0v) is 19.2. The predicted octanol–water partition coefficient (Wildman–Crippen LogP) is 5.49. The number of rotatable bonds is 4. The molecule has 0 bridgehead atoms. The van der Waals surface area contributed by atoms with Crippen molar-refractivity contribution in [3.05, 3.63) is 65.3 Å². The third kappa shape index (κ3) is 3.22. The van der Waals surface area contributed by atoms with Crippen LogP contribution in [0.15, 0.2) is 59.7 Å². The molecule has 5 rings (SSSR count). The number of carbonyl (C=O) groups excluding carboxylic acids is 1. The van der Waals surface area contributed by atoms with Gasteiger partial charge in [-0.1, -0.05) is 25.1 Å². The summed E-state index contributed by atoms with van der Waals surface area (Å²) < 4.78 is 12.1. The lowest BCUT2D eigenvalue weighted by Gasteiger charge is -2.44. The quantitative estimate of drug-likeness (QED) is 0.637. The second kappa shape index (κ2) is 8.00. The minimum absolute atomic E-state index is 0.159. The third-order valence-electron chi connectivity index (χ3n) is 8.79. The molecule has 1 saturated heterocycles. The third-order valence-corrected chi connectivity index (χ3v) is 8.79. The van der Waals surface area contributed by atoms with Crippen LogP contribution in [0.3, 0.4) is 0 Å². The van der Waals surface area contributed by atoms with Crippen molar-refractivity contribution in [1.82, 2.24) is 0 Å². The number of allylic oxidation sites excluding steroid dienone is 3. The van der Waals surface area contributed by atoms with E-state index >= 15 is 0 Å². The topological polar surface area (TPSA) is 55.8 Å². The van der Waals surface area contributed by atoms with Gasteiger partial charge in [0.15, 0.2) is 5.78 Å². The fourth-order valence-electron chi connectivity index (χ4n) is 6.98. The summed E-state index contributed by atoms with van der Waals surface area (Å²) in [6.45, 7) is 6.66. The Labute approximate surface area is 191 Å². The number of hydrogen-bond acceptors (Lipinski definition) is 4. The van der Waals surface area contributed by atoms with Crippen LogP contribution in [0.25, 0.3) is 0 Å². The number of carbonyl (C=O) groups is 1. The van der Waals surface area contributed by atoms with E-state index in [1.54, 1.807) is 7.11 Å². The second-order valence-electron chi connectivity index (χ2n) is 10.3. The molecule has 2 fully saturated rings. The molecule has 1 saturated carbocycles. The van der Waals surface area contributed by atoms with E-state index < -0.39 is 5.60 Å². The van der Waals surface area contributed by atoms with E-state index in [1.165, 1.54) is 16.7 Å². The average Bonchev–Trinajstić information content (AvgIpc) is 2.96. The lowest BCUT2D eigenvalue weighted by molar-refractivity contribution is -0.114. The van der Waals surface area contributed by atoms with Crippen molar-refractivity contribution < 1.29 is 19.4 Å². The van der Waals surface area contributed by atoms with Gasteiger partial charge in [0.2, 0.25) is 0 Å². The summed E-state index contributed by atoms with van der Waals surface area (Å²) in [5.41, 5.74) is 3.90. The lowest BCUT2D eigenvalue weighted by atomic mass is 9.61. The van der Waals surface area contributed by atoms with Crippen molar-refractivity contribution in [3.63, 3.8) is 0 Å². The molecule has 3 aliphatic carbocycles. The molecule has 1 heterocycles. The van der Waals surface area contributed by atoms with E-state index in [-0.39, 0.29) is 17.3 Å². The predicted molar refractivity (Wildman–Crippen MR) is 124 cm³/mol. The molecule has 1 aromatic carbocycles. The first-order valence-electron chi connectivity index (χ1n) is 12.0. The lowest BCUT2D eigenvalue weighted by Crippen LogP contribution is -2.48. The van der Waals surface area contributed by atoms with Crippen molar-refractivity contribution in [1.29, 1.82) is 0 Å². The summed E-state index contributed by atoms with van der Waals surface area (Å²) in [6, 6.07) is 8.17. The van der Waals surface area contributed by atoms with Gasteiger partial charge in [0.25, 0.3) is 0 Å². The van der Waals surface area contributed by atoms with Crippen LogP contribution in [0.4, 0.5) is 0 Å². The molecule has 0 spiro atoms. The minimum Gasteiger partial charge on any atom is -0.497 e. The molecule has 4 aliphatic rings. The summed E-state index contributed by atoms with van der Waals surface area (Å²) in [5.74, 6) is 1.78. The minimum atomic E-state index is -0.789. The van der Waals surface area contributed by atoms with Crippen molar-refractivity contribution in [2.45, 2.75) is 63.6 Å². The first-order chi connectivity index (χ1) is 15.4. The van der Waals surface area contributed by atoms with E-state index in [4.69, 9.17) is 9.47 Å². The number of fused-ring (bicyclic) bond motifs is 4. The maximum atomic E-state index is 12.2. The zero-order valence-electron chi connectivity index (χ0n) is 19.2. The Morgan fingerprint density at radius 1 is 1.22 bits per heavy atom. The molecule has 1 N–H and O–H groups in total. The largest absolute Gasteiger partial charge is 0.497 e. The SMILES string of the molecule is C=CC[C@]1(O)CCC2C3CCC4=CC(=O)CCC4=C3[C@H](c3ccc(OC)cc3)OC[C@@]21C. The summed E-state index contributed by atoms with van der Waals surface area (Å²) >= 11 is 0. The number of hydrogen-bond donors (Lipinski definition) is 1. The van der Waals surface area contributed by atoms with Gasteiger partial charge in [-0.05, 0) is 90.9 Å². The van der Waals surface area contributed by atoms with Crippen LogP contribution < -0.4 is 4.74 Å². The zero-order chi connectivity index (χ0) is 22.5. The summed E-state index contributed by atoms with van der Waals surface area (Å²) in [5, 5.41) is 11.7. The van der Waals surface area contributed by atoms with Crippen LogP contribution in [-0.2, 0) is 9.53 Å². The molecular formula is C28H34O4. The van der Waals surface area contributed by atoms with Crippen molar-refractivity contribution in [3.8, 4) is 5.75 Å². The fraction of sp³-hybridized carbons (Fsp3) is 0.536. The highest BCUT2D eigenvalue weighted by atomic mass is 16.5. The molecule has 1 aromatic rings. The van der Waals surface area contributed by atoms with Crippen LogP contribution in [0, 0.1) is 17.3 Å². The second-order valence-corrected chi connectivity index (χ2v) is 10.3. The molecule has 2 unspecified atom stereocenters. The first-order valence-corrected chi connectivity index (χ1v) is 12.0. The van der Waals surface area contributed by atoms with Gasteiger partial charge < -0.3 is 14.6 Å². The van der Waals surface area contributed by atoms with Gasteiger partial charge in [0, 0.05) is 11.8 Å². The number of benzene rings is 1. The highest BCUT2D eigenvalue weighted by Gasteiger charge is 2.60. The van der Waals surface area contributed by atoms with Gasteiger partial charge in [-0.2, -0.15) is 0 Å². The van der Waals surface area contributed by atoms with Crippen molar-refractivity contribution in [2.75, 3.05) is 13.7 Å². The van der Waals surface area contributed by atoms with Crippen LogP contribution in [-0.4, -0.2) is 30.2 Å². The van der Waals surface area contributed by atoms with Gasteiger partial charge in [-0.25, -0.2) is 0 Å². The number of ether oxygens (including phenoxy) is 2. The molecule has 4 heteroatoms. The molecule has 32 heavy (non-hydrogen) atoms. The van der Waals surface area contributed by atoms with E-state index in [2.05, 4.69) is 25.6 Å². The Balaban J connectivity index is 1.65. The van der Waals surface area contributed by atoms with Gasteiger partial charge in [0.05, 0.1) is 19.3 Å². The molecule has 0 amide bonds. The standard InChI is InChI=1S/C28H34O4/c1-4-14-28(30)15-13-24-23-11-7-19-16-20(29)8-12-22(19)25(23)26(32-17-27(24,28)2)18-5-9-21(31-3)10-6-18/h4-6,9-10,16,23-24,26,30H,1,7-8,11-15,17H2,2-3H3/t23?,24?,26-,27-,28-/m0/s1. The summed E-state index contributed by atoms with van der Waals surface area (Å²) in [7, 11) is 1.68. The normalized spacial score (nSPS) is 36.5. The maximum absolute atomic E-state index is 12.2. The molecule has 5 atom stereocenters. The van der Waals surface area contributed by atoms with Crippen molar-refractivity contribution in [2.24, 2.45) is 17.3 Å². The first kappa shape index (κ1) is 21.7. The Kier molecular flexibility index (Phi) is 5.42. The Morgan fingerprint density at radius 2 is 2.00 bits per heavy atom. The molecular weight excluding hydrogens is 400 g/mol. The number of ketones is 1. The van der Waals surface area contributed by atoms with E-state index in [9.17, 15) is 9.90 Å². The van der Waals surface area contributed by atoms with Gasteiger partial charge in [-0.3, -0.25) is 4.79 Å². The Morgan fingerprint density at radius 3 is 2.72 bits per heavy atom. The van der Waals surface area contributed by atoms with Crippen molar-refractivity contribution >= 4 is 5.78 Å². The molecule has 0 radical (unpaired) electrons. The maximum Gasteiger partial charge on any atom is 0.156 e. The molecule has 170 valence electrons. The van der Waals surface area contributed by atoms with Crippen LogP contribution >= 0.6 is 0 Å². The van der Waals surface area contributed by atoms with Crippen LogP contribution in [0.5, 0.6) is 5.75 Å². The van der Waals surface area contributed by atoms with Crippen LogP contribution in [0.2, 0.25) is 0 Å². The Bertz CT molecular complexity index is 987. The highest BCUT2D eigenvalue weighted by molar-refractivity contribution is 5.93. The monoisotopic (exact) mass is 434 g/mol. The molecule has 4 nitrogen and oxygen atoms in total. The number of methoxy groups -OCH3 is 1. The van der Waals surface area contributed by atoms with E-state index in [1.807, 2.05) is 24.3 Å². The smallest absolute Gasteiger partial charge is 0.156 e. The van der Waals surface area contributed by atoms with Gasteiger partial charge in [0.1, 0.15) is 11.9 Å². The number of aliphatic hydroxyl groups is 1. The van der Waals surface area contributed by atoms with E-state index in [0.29, 0.717) is 31.3 Å². The van der Waals surface area contributed by atoms with E-state index in [0.717, 1.165) is 43.4 Å². The molecule has 0 aromatic heterocycles. The Hall–Kier alpha value is -2.17. The summed E-state index contributed by atoms with van der Waals surface area (Å²) in [4.78, 5) is 12.2. The summed E-state index contributed by atoms with van der Waals surface area (Å²) in [6.07, 6.45) is 9.28. The molecule has 1 aliphatic heterocycles. The van der Waals surface area contributed by atoms with Gasteiger partial charge in [-0.15, -0.1) is 6.58 Å². The fourth-order valence-corrected chi connectivity index (χ4v) is 6.98. The van der Waals surface area contributed by atoms with Crippen LogP contribution in [0.1, 0.15) is 63.5 Å².